The van der Waals surface area contributed by atoms with Gasteiger partial charge in [-0.2, -0.15) is 0 Å². The lowest BCUT2D eigenvalue weighted by Crippen LogP contribution is -2.40. The number of fused-ring (bicyclic) bond motifs is 1. The molecule has 0 aliphatic rings. The standard InChI is InChI=1S/C25H26ClN5O2S/c1-4-22-23(31-15-16(2)28-17(3)24(31)29-22)19-7-5-18(6-8-19)13-14-27-25(32)30-34(33)21-11-9-20(26)10-12-21/h5-12,15H,4,13-14H2,1-3H3,(H2,27,30,32). The summed E-state index contributed by atoms with van der Waals surface area (Å²) in [7, 11) is 0. The van der Waals surface area contributed by atoms with Crippen LogP contribution in [0.1, 0.15) is 29.6 Å². The minimum Gasteiger partial charge on any atom is -0.588 e. The number of urea groups is 1. The van der Waals surface area contributed by atoms with Gasteiger partial charge in [-0.1, -0.05) is 42.8 Å². The quantitative estimate of drug-likeness (QED) is 0.360. The fourth-order valence-electron chi connectivity index (χ4n) is 3.83. The van der Waals surface area contributed by atoms with E-state index in [1.165, 1.54) is 0 Å². The zero-order valence-corrected chi connectivity index (χ0v) is 20.8. The van der Waals surface area contributed by atoms with Crippen LogP contribution in [0.2, 0.25) is 5.02 Å². The van der Waals surface area contributed by atoms with Gasteiger partial charge in [-0.25, -0.2) is 9.78 Å². The number of imidazole rings is 1. The molecule has 1 unspecified atom stereocenters. The van der Waals surface area contributed by atoms with E-state index in [2.05, 4.69) is 50.6 Å². The van der Waals surface area contributed by atoms with Crippen LogP contribution in [0.25, 0.3) is 16.9 Å². The predicted molar refractivity (Wildman–Crippen MR) is 135 cm³/mol. The SMILES string of the molecule is CCc1nc2c(C)nc(C)cn2c1-c1ccc(CCNC(=O)N[S+]([O-])c2ccc(Cl)cc2)cc1. The first-order chi connectivity index (χ1) is 16.4. The van der Waals surface area contributed by atoms with Crippen molar-refractivity contribution in [3.63, 3.8) is 0 Å². The Labute approximate surface area is 206 Å². The van der Waals surface area contributed by atoms with Gasteiger partial charge >= 0.3 is 6.03 Å². The van der Waals surface area contributed by atoms with Gasteiger partial charge in [-0.05, 0) is 56.5 Å². The maximum atomic E-state index is 12.2. The number of halogens is 1. The van der Waals surface area contributed by atoms with E-state index in [4.69, 9.17) is 16.6 Å². The lowest BCUT2D eigenvalue weighted by atomic mass is 10.0. The van der Waals surface area contributed by atoms with Crippen molar-refractivity contribution < 1.29 is 9.35 Å². The Hall–Kier alpha value is -3.07. The van der Waals surface area contributed by atoms with Crippen LogP contribution < -0.4 is 10.0 Å². The van der Waals surface area contributed by atoms with Crippen LogP contribution in [0.4, 0.5) is 4.79 Å². The summed E-state index contributed by atoms with van der Waals surface area (Å²) in [6.07, 6.45) is 3.50. The highest BCUT2D eigenvalue weighted by Gasteiger charge is 2.16. The third-order valence-corrected chi connectivity index (χ3v) is 6.76. The summed E-state index contributed by atoms with van der Waals surface area (Å²) in [6, 6.07) is 14.3. The molecule has 4 aromatic rings. The molecule has 2 aromatic carbocycles. The number of nitrogens with one attached hydrogen (secondary N) is 2. The van der Waals surface area contributed by atoms with Crippen molar-refractivity contribution in [2.24, 2.45) is 0 Å². The van der Waals surface area contributed by atoms with Crippen molar-refractivity contribution in [1.82, 2.24) is 24.4 Å². The van der Waals surface area contributed by atoms with Crippen LogP contribution in [-0.4, -0.2) is 31.5 Å². The number of carbonyl (C=O) groups excluding carboxylic acids is 1. The van der Waals surface area contributed by atoms with E-state index in [1.54, 1.807) is 24.3 Å². The van der Waals surface area contributed by atoms with Gasteiger partial charge in [0.05, 0.1) is 22.8 Å². The summed E-state index contributed by atoms with van der Waals surface area (Å²) in [5.41, 5.74) is 7.04. The highest BCUT2D eigenvalue weighted by molar-refractivity contribution is 7.90. The lowest BCUT2D eigenvalue weighted by molar-refractivity contribution is 0.246. The first-order valence-corrected chi connectivity index (χ1v) is 12.5. The maximum absolute atomic E-state index is 12.2. The van der Waals surface area contributed by atoms with Gasteiger partial charge in [0.2, 0.25) is 0 Å². The molecule has 2 aromatic heterocycles. The minimum absolute atomic E-state index is 0.420. The van der Waals surface area contributed by atoms with Crippen molar-refractivity contribution in [3.8, 4) is 11.3 Å². The average molecular weight is 496 g/mol. The Morgan fingerprint density at radius 3 is 2.47 bits per heavy atom. The molecule has 0 bridgehead atoms. The summed E-state index contributed by atoms with van der Waals surface area (Å²) in [5, 5.41) is 3.30. The Bertz CT molecular complexity index is 1310. The van der Waals surface area contributed by atoms with Crippen molar-refractivity contribution in [1.29, 1.82) is 0 Å². The normalized spacial score (nSPS) is 12.0. The van der Waals surface area contributed by atoms with Gasteiger partial charge in [0.25, 0.3) is 0 Å². The van der Waals surface area contributed by atoms with Gasteiger partial charge in [0.15, 0.2) is 10.5 Å². The molecule has 2 heterocycles. The molecule has 0 aliphatic carbocycles. The van der Waals surface area contributed by atoms with Crippen LogP contribution >= 0.6 is 11.6 Å². The molecule has 7 nitrogen and oxygen atoms in total. The van der Waals surface area contributed by atoms with Crippen LogP contribution in [0.3, 0.4) is 0 Å². The molecule has 34 heavy (non-hydrogen) atoms. The first-order valence-electron chi connectivity index (χ1n) is 11.0. The second kappa shape index (κ2) is 10.5. The summed E-state index contributed by atoms with van der Waals surface area (Å²) in [4.78, 5) is 21.9. The third kappa shape index (κ3) is 5.35. The Balaban J connectivity index is 1.38. The van der Waals surface area contributed by atoms with Crippen LogP contribution in [0, 0.1) is 13.8 Å². The maximum Gasteiger partial charge on any atom is 0.356 e. The molecule has 176 valence electrons. The van der Waals surface area contributed by atoms with Crippen LogP contribution in [-0.2, 0) is 24.2 Å². The molecule has 2 amide bonds. The summed E-state index contributed by atoms with van der Waals surface area (Å²) >= 11 is 4.19. The Morgan fingerprint density at radius 1 is 1.09 bits per heavy atom. The molecule has 2 N–H and O–H groups in total. The molecular weight excluding hydrogens is 470 g/mol. The van der Waals surface area contributed by atoms with E-state index in [-0.39, 0.29) is 0 Å². The zero-order valence-electron chi connectivity index (χ0n) is 19.3. The molecule has 0 radical (unpaired) electrons. The Kier molecular flexibility index (Phi) is 7.41. The summed E-state index contributed by atoms with van der Waals surface area (Å²) < 4.78 is 16.8. The fourth-order valence-corrected chi connectivity index (χ4v) is 4.70. The molecule has 0 aliphatic heterocycles. The number of amides is 2. The van der Waals surface area contributed by atoms with E-state index in [0.717, 1.165) is 46.0 Å². The van der Waals surface area contributed by atoms with Crippen LogP contribution in [0.15, 0.2) is 59.6 Å². The van der Waals surface area contributed by atoms with Crippen molar-refractivity contribution >= 4 is 34.6 Å². The molecular formula is C25H26ClN5O2S. The average Bonchev–Trinajstić information content (AvgIpc) is 3.19. The fraction of sp³-hybridized carbons (Fsp3) is 0.240. The van der Waals surface area contributed by atoms with Gasteiger partial charge < -0.3 is 9.87 Å². The monoisotopic (exact) mass is 495 g/mol. The highest BCUT2D eigenvalue weighted by Crippen LogP contribution is 2.27. The molecule has 4 rings (SSSR count). The van der Waals surface area contributed by atoms with E-state index in [9.17, 15) is 9.35 Å². The van der Waals surface area contributed by atoms with E-state index in [1.807, 2.05) is 20.0 Å². The molecule has 0 saturated carbocycles. The van der Waals surface area contributed by atoms with Crippen molar-refractivity contribution in [3.05, 3.63) is 82.4 Å². The number of carbonyl (C=O) groups is 1. The number of aryl methyl sites for hydroxylation is 3. The van der Waals surface area contributed by atoms with Crippen LogP contribution in [0.5, 0.6) is 0 Å². The largest absolute Gasteiger partial charge is 0.588 e. The molecule has 0 saturated heterocycles. The number of benzene rings is 2. The van der Waals surface area contributed by atoms with Gasteiger partial charge in [-0.15, -0.1) is 4.72 Å². The molecule has 0 spiro atoms. The second-order valence-electron chi connectivity index (χ2n) is 7.95. The van der Waals surface area contributed by atoms with E-state index < -0.39 is 17.4 Å². The summed E-state index contributed by atoms with van der Waals surface area (Å²) in [6.45, 7) is 6.49. The lowest BCUT2D eigenvalue weighted by Gasteiger charge is -2.11. The van der Waals surface area contributed by atoms with E-state index >= 15 is 0 Å². The Morgan fingerprint density at radius 2 is 1.79 bits per heavy atom. The topological polar surface area (TPSA) is 94.4 Å². The number of nitrogens with zero attached hydrogens (tertiary/aromatic N) is 3. The predicted octanol–water partition coefficient (Wildman–Crippen LogP) is 4.79. The number of rotatable bonds is 7. The zero-order chi connectivity index (χ0) is 24.2. The summed E-state index contributed by atoms with van der Waals surface area (Å²) in [5.74, 6) is 0. The molecule has 0 fully saturated rings. The van der Waals surface area contributed by atoms with Crippen molar-refractivity contribution in [2.75, 3.05) is 6.54 Å². The minimum atomic E-state index is -1.64. The second-order valence-corrected chi connectivity index (χ2v) is 9.60. The number of hydrogen-bond acceptors (Lipinski definition) is 4. The molecule has 1 atom stereocenters. The van der Waals surface area contributed by atoms with Gasteiger partial charge in [0.1, 0.15) is 11.4 Å². The van der Waals surface area contributed by atoms with Gasteiger partial charge in [-0.3, -0.25) is 9.38 Å². The number of aromatic nitrogens is 3. The first kappa shape index (κ1) is 24.1. The highest BCUT2D eigenvalue weighted by atomic mass is 35.5. The third-order valence-electron chi connectivity index (χ3n) is 5.44. The number of hydrogen-bond donors (Lipinski definition) is 2. The van der Waals surface area contributed by atoms with E-state index in [0.29, 0.717) is 22.9 Å². The van der Waals surface area contributed by atoms with Gasteiger partial charge in [0, 0.05) is 23.3 Å². The molecule has 9 heteroatoms. The smallest absolute Gasteiger partial charge is 0.356 e. The van der Waals surface area contributed by atoms with Crippen molar-refractivity contribution in [2.45, 2.75) is 38.5 Å².